The molecule has 1 aliphatic rings. The smallest absolute Gasteiger partial charge is 0.313 e. The Kier molecular flexibility index (Phi) is 3.92. The van der Waals surface area contributed by atoms with Gasteiger partial charge in [-0.25, -0.2) is 14.3 Å². The van der Waals surface area contributed by atoms with Crippen LogP contribution in [0.2, 0.25) is 0 Å². The molecule has 4 aromatic rings. The van der Waals surface area contributed by atoms with Crippen LogP contribution in [0.25, 0.3) is 16.9 Å². The normalized spacial score (nSPS) is 18.6. The molecule has 7 nitrogen and oxygen atoms in total. The number of fused-ring (bicyclic) bond motifs is 1. The molecule has 1 saturated carbocycles. The minimum atomic E-state index is -4.40. The molecule has 0 saturated heterocycles. The average molecular weight is 413 g/mol. The van der Waals surface area contributed by atoms with Gasteiger partial charge in [-0.15, -0.1) is 0 Å². The quantitative estimate of drug-likeness (QED) is 0.540. The number of nitrogens with one attached hydrogen (secondary N) is 2. The van der Waals surface area contributed by atoms with Gasteiger partial charge in [0.2, 0.25) is 0 Å². The summed E-state index contributed by atoms with van der Waals surface area (Å²) in [5, 5.41) is 4.37. The van der Waals surface area contributed by atoms with Crippen molar-refractivity contribution < 1.29 is 13.2 Å². The van der Waals surface area contributed by atoms with Crippen LogP contribution in [0, 0.1) is 0 Å². The SMILES string of the molecule is O=c1[nH]cc(-c2cc([C@H]3C[C@@H]3c3cccc(C(F)(F)F)c3)c3nccn3n2)c(=O)[nH]1. The zero-order valence-electron chi connectivity index (χ0n) is 15.3. The number of aromatic nitrogens is 5. The lowest BCUT2D eigenvalue weighted by Gasteiger charge is -2.09. The van der Waals surface area contributed by atoms with Crippen molar-refractivity contribution in [1.82, 2.24) is 24.6 Å². The summed E-state index contributed by atoms with van der Waals surface area (Å²) in [6.07, 6.45) is 0.743. The van der Waals surface area contributed by atoms with Crippen molar-refractivity contribution in [3.63, 3.8) is 0 Å². The molecule has 1 aromatic carbocycles. The number of imidazole rings is 1. The summed E-state index contributed by atoms with van der Waals surface area (Å²) >= 11 is 0. The maximum atomic E-state index is 13.1. The first-order chi connectivity index (χ1) is 14.3. The van der Waals surface area contributed by atoms with Crippen molar-refractivity contribution in [2.45, 2.75) is 24.4 Å². The van der Waals surface area contributed by atoms with E-state index in [-0.39, 0.29) is 17.4 Å². The predicted octanol–water partition coefficient (Wildman–Crippen LogP) is 3.06. The van der Waals surface area contributed by atoms with E-state index in [2.05, 4.69) is 20.1 Å². The molecule has 0 spiro atoms. The lowest BCUT2D eigenvalue weighted by atomic mass is 10.0. The monoisotopic (exact) mass is 413 g/mol. The highest BCUT2D eigenvalue weighted by Crippen LogP contribution is 2.56. The highest BCUT2D eigenvalue weighted by molar-refractivity contribution is 5.63. The maximum Gasteiger partial charge on any atom is 0.416 e. The van der Waals surface area contributed by atoms with Crippen LogP contribution in [-0.4, -0.2) is 24.6 Å². The van der Waals surface area contributed by atoms with E-state index in [0.717, 1.165) is 11.6 Å². The van der Waals surface area contributed by atoms with Crippen molar-refractivity contribution in [2.75, 3.05) is 0 Å². The van der Waals surface area contributed by atoms with Gasteiger partial charge in [0.1, 0.15) is 0 Å². The minimum absolute atomic E-state index is 0.0537. The van der Waals surface area contributed by atoms with Gasteiger partial charge in [-0.05, 0) is 36.0 Å². The molecule has 3 heterocycles. The molecule has 2 N–H and O–H groups in total. The van der Waals surface area contributed by atoms with Crippen molar-refractivity contribution in [1.29, 1.82) is 0 Å². The van der Waals surface area contributed by atoms with Crippen LogP contribution < -0.4 is 11.2 Å². The van der Waals surface area contributed by atoms with Gasteiger partial charge >= 0.3 is 11.9 Å². The topological polar surface area (TPSA) is 95.9 Å². The Hall–Kier alpha value is -3.69. The Morgan fingerprint density at radius 2 is 1.97 bits per heavy atom. The standard InChI is InChI=1S/C20H14F3N5O2/c21-20(22,23)11-3-1-2-10(6-11)12-7-13(12)14-8-16(27-28-5-4-24-17(14)28)15-9-25-19(30)26-18(15)29/h1-6,8-9,12-13H,7H2,(H2,25,26,29,30)/t12-,13+/m1/s1. The molecule has 0 aliphatic heterocycles. The van der Waals surface area contributed by atoms with Crippen LogP contribution in [0.4, 0.5) is 13.2 Å². The minimum Gasteiger partial charge on any atom is -0.313 e. The summed E-state index contributed by atoms with van der Waals surface area (Å²) in [5.41, 5.74) is 0.621. The molecule has 0 bridgehead atoms. The first-order valence-electron chi connectivity index (χ1n) is 9.15. The van der Waals surface area contributed by atoms with Crippen LogP contribution >= 0.6 is 0 Å². The fourth-order valence-electron chi connectivity index (χ4n) is 3.80. The number of nitrogens with zero attached hydrogens (tertiary/aromatic N) is 3. The molecule has 2 atom stereocenters. The van der Waals surface area contributed by atoms with E-state index in [1.54, 1.807) is 24.5 Å². The molecule has 3 aromatic heterocycles. The Labute approximate surface area is 166 Å². The fourth-order valence-corrected chi connectivity index (χ4v) is 3.80. The van der Waals surface area contributed by atoms with Gasteiger partial charge in [-0.1, -0.05) is 18.2 Å². The molecule has 30 heavy (non-hydrogen) atoms. The molecular formula is C20H14F3N5O2. The number of benzene rings is 1. The molecule has 0 unspecified atom stereocenters. The molecule has 152 valence electrons. The second-order valence-corrected chi connectivity index (χ2v) is 7.24. The number of aromatic amines is 2. The third-order valence-corrected chi connectivity index (χ3v) is 5.31. The summed E-state index contributed by atoms with van der Waals surface area (Å²) in [6.45, 7) is 0. The summed E-state index contributed by atoms with van der Waals surface area (Å²) in [6, 6.07) is 7.06. The Morgan fingerprint density at radius 3 is 2.73 bits per heavy atom. The summed E-state index contributed by atoms with van der Waals surface area (Å²) in [5.74, 6) is -0.140. The van der Waals surface area contributed by atoms with Crippen LogP contribution in [0.15, 0.2) is 58.5 Å². The molecule has 1 fully saturated rings. The lowest BCUT2D eigenvalue weighted by Crippen LogP contribution is -2.23. The third kappa shape index (κ3) is 3.10. The van der Waals surface area contributed by atoms with E-state index in [9.17, 15) is 22.8 Å². The number of halogens is 3. The molecule has 5 rings (SSSR count). The van der Waals surface area contributed by atoms with E-state index in [1.807, 2.05) is 0 Å². The summed E-state index contributed by atoms with van der Waals surface area (Å²) < 4.78 is 40.7. The predicted molar refractivity (Wildman–Crippen MR) is 101 cm³/mol. The number of H-pyrrole nitrogens is 2. The maximum absolute atomic E-state index is 13.1. The molecule has 0 radical (unpaired) electrons. The van der Waals surface area contributed by atoms with Crippen LogP contribution in [0.3, 0.4) is 0 Å². The van der Waals surface area contributed by atoms with Crippen molar-refractivity contribution in [3.05, 3.63) is 86.5 Å². The lowest BCUT2D eigenvalue weighted by molar-refractivity contribution is -0.137. The van der Waals surface area contributed by atoms with Gasteiger partial charge in [0.15, 0.2) is 5.65 Å². The van der Waals surface area contributed by atoms with E-state index in [0.29, 0.717) is 23.3 Å². The van der Waals surface area contributed by atoms with E-state index in [1.165, 1.54) is 22.8 Å². The van der Waals surface area contributed by atoms with E-state index in [4.69, 9.17) is 0 Å². The number of alkyl halides is 3. The zero-order valence-corrected chi connectivity index (χ0v) is 15.3. The second-order valence-electron chi connectivity index (χ2n) is 7.24. The first kappa shape index (κ1) is 18.3. The first-order valence-corrected chi connectivity index (χ1v) is 9.15. The fraction of sp³-hybridized carbons (Fsp3) is 0.200. The van der Waals surface area contributed by atoms with Gasteiger partial charge < -0.3 is 4.98 Å². The van der Waals surface area contributed by atoms with Crippen molar-refractivity contribution in [2.24, 2.45) is 0 Å². The Morgan fingerprint density at radius 1 is 1.13 bits per heavy atom. The van der Waals surface area contributed by atoms with Gasteiger partial charge in [-0.3, -0.25) is 9.78 Å². The number of hydrogen-bond donors (Lipinski definition) is 2. The van der Waals surface area contributed by atoms with Crippen LogP contribution in [-0.2, 0) is 6.18 Å². The third-order valence-electron chi connectivity index (χ3n) is 5.31. The van der Waals surface area contributed by atoms with Gasteiger partial charge in [0.25, 0.3) is 5.56 Å². The Bertz CT molecular complexity index is 1390. The molecule has 0 amide bonds. The number of rotatable bonds is 3. The van der Waals surface area contributed by atoms with Crippen LogP contribution in [0.5, 0.6) is 0 Å². The molecular weight excluding hydrogens is 399 g/mol. The second kappa shape index (κ2) is 6.41. The van der Waals surface area contributed by atoms with Gasteiger partial charge in [0, 0.05) is 24.2 Å². The Balaban J connectivity index is 1.57. The largest absolute Gasteiger partial charge is 0.416 e. The highest BCUT2D eigenvalue weighted by Gasteiger charge is 2.42. The average Bonchev–Trinajstić information content (AvgIpc) is 3.35. The molecule has 10 heteroatoms. The zero-order chi connectivity index (χ0) is 21.0. The van der Waals surface area contributed by atoms with Crippen molar-refractivity contribution >= 4 is 5.65 Å². The summed E-state index contributed by atoms with van der Waals surface area (Å²) in [7, 11) is 0. The summed E-state index contributed by atoms with van der Waals surface area (Å²) in [4.78, 5) is 32.4. The van der Waals surface area contributed by atoms with E-state index < -0.39 is 23.0 Å². The molecule has 1 aliphatic carbocycles. The van der Waals surface area contributed by atoms with E-state index >= 15 is 0 Å². The number of hydrogen-bond acceptors (Lipinski definition) is 4. The van der Waals surface area contributed by atoms with Gasteiger partial charge in [0.05, 0.1) is 16.8 Å². The highest BCUT2D eigenvalue weighted by atomic mass is 19.4. The van der Waals surface area contributed by atoms with Crippen molar-refractivity contribution in [3.8, 4) is 11.3 Å². The van der Waals surface area contributed by atoms with Crippen LogP contribution in [0.1, 0.15) is 34.9 Å². The van der Waals surface area contributed by atoms with Gasteiger partial charge in [-0.2, -0.15) is 18.3 Å².